The van der Waals surface area contributed by atoms with Gasteiger partial charge in [0.2, 0.25) is 23.6 Å². The molecule has 10 bridgehead atoms. The fourth-order valence-electron chi connectivity index (χ4n) is 12.1. The lowest BCUT2D eigenvalue weighted by molar-refractivity contribution is -0.158. The third-order valence-electron chi connectivity index (χ3n) is 17.7. The molecule has 2 aromatic carbocycles. The van der Waals surface area contributed by atoms with Crippen LogP contribution in [0.3, 0.4) is 0 Å². The van der Waals surface area contributed by atoms with E-state index in [1.54, 1.807) is 60.6 Å². The summed E-state index contributed by atoms with van der Waals surface area (Å²) < 4.78 is 12.3. The number of amides is 6. The Kier molecular flexibility index (Phi) is 19.1. The molecule has 0 radical (unpaired) electrons. The van der Waals surface area contributed by atoms with Crippen molar-refractivity contribution in [3.05, 3.63) is 88.8 Å². The van der Waals surface area contributed by atoms with Gasteiger partial charge in [-0.3, -0.25) is 48.4 Å². The predicted molar refractivity (Wildman–Crippen MR) is 318 cm³/mol. The Hall–Kier alpha value is -7.36. The SMILES string of the molecule is CC(C)[C@@H]1NC(=O)C(C)(C)/C=C/c2ccc3cc(CC[C@@H]4NC(=O)[C@H](C(C)C)NC(=O)[C@]5(CCc6ccc7ccc(nc7c6)[C@@H](C)OC(=O)[C@@H]6CCCN(N6)C4=O)CC[C@H](O)CC5)c(nc3c2)[C@@H](C)OC(=O)[C@@H]2CCCN(N2)C(=O)[C@H](C)NC1=O. The highest BCUT2D eigenvalue weighted by Gasteiger charge is 2.44. The molecule has 2 saturated heterocycles. The summed E-state index contributed by atoms with van der Waals surface area (Å²) in [7, 11) is 0. The van der Waals surface area contributed by atoms with E-state index in [4.69, 9.17) is 19.4 Å². The van der Waals surface area contributed by atoms with Crippen LogP contribution in [0, 0.1) is 22.7 Å². The average molecular weight is 1170 g/mol. The van der Waals surface area contributed by atoms with Gasteiger partial charge in [-0.05, 0) is 164 Å². The van der Waals surface area contributed by atoms with E-state index in [0.717, 1.165) is 10.9 Å². The molecule has 5 aliphatic rings. The van der Waals surface area contributed by atoms with E-state index in [1.807, 2.05) is 68.4 Å². The number of cyclic esters (lactones) is 2. The summed E-state index contributed by atoms with van der Waals surface area (Å²) in [5.41, 5.74) is 8.56. The monoisotopic (exact) mass is 1170 g/mol. The van der Waals surface area contributed by atoms with Crippen molar-refractivity contribution in [2.24, 2.45) is 22.7 Å². The van der Waals surface area contributed by atoms with Crippen LogP contribution in [0.1, 0.15) is 167 Å². The van der Waals surface area contributed by atoms with Gasteiger partial charge in [0.05, 0.1) is 33.9 Å². The topological polar surface area (TPSA) is 280 Å². The predicted octanol–water partition coefficient (Wildman–Crippen LogP) is 5.81. The third kappa shape index (κ3) is 14.3. The molecule has 21 heteroatoms. The number of fused-ring (bicyclic) bond motifs is 8. The molecular formula is C64H84N10O11. The van der Waals surface area contributed by atoms with Gasteiger partial charge >= 0.3 is 11.9 Å². The van der Waals surface area contributed by atoms with Gasteiger partial charge in [-0.2, -0.15) is 0 Å². The summed E-state index contributed by atoms with van der Waals surface area (Å²) in [6.45, 7) is 16.2. The first-order valence-electron chi connectivity index (χ1n) is 30.4. The zero-order valence-corrected chi connectivity index (χ0v) is 50.4. The highest BCUT2D eigenvalue weighted by atomic mass is 16.5. The van der Waals surface area contributed by atoms with E-state index in [9.17, 15) is 38.7 Å². The minimum atomic E-state index is -1.23. The van der Waals surface area contributed by atoms with E-state index >= 15 is 4.79 Å². The largest absolute Gasteiger partial charge is 0.455 e. The maximum atomic E-state index is 15.2. The first kappa shape index (κ1) is 62.2. The number of carbonyl (C=O) groups is 8. The van der Waals surface area contributed by atoms with Crippen LogP contribution in [0.15, 0.2) is 60.7 Å². The number of aromatic nitrogens is 2. The molecule has 3 fully saturated rings. The summed E-state index contributed by atoms with van der Waals surface area (Å²) in [6, 6.07) is 11.1. The normalized spacial score (nSPS) is 29.3. The van der Waals surface area contributed by atoms with Crippen LogP contribution in [-0.2, 0) is 60.7 Å². The van der Waals surface area contributed by atoms with Crippen molar-refractivity contribution in [1.82, 2.24) is 52.1 Å². The molecule has 1 aliphatic carbocycles. The number of ether oxygens (including phenoxy) is 2. The van der Waals surface area contributed by atoms with Gasteiger partial charge in [0.15, 0.2) is 0 Å². The van der Waals surface area contributed by atoms with Crippen molar-refractivity contribution in [3.8, 4) is 0 Å². The number of pyridine rings is 2. The standard InChI is InChI=1S/C64H84N10O11/c1-35(2)52-55(76)65-37(5)57(78)73-30-10-12-49(71-73)60(81)85-39(7)54-44(34-43-17-15-40(33-51(43)67-54)22-26-63(8,9)61(82)69-52)19-21-47-58(79)74-31-11-13-48(72-74)59(80)84-38(6)46-20-18-42-16-14-41(32-50(42)66-46)23-27-64(28-24-45(75)25-29-64)62(83)70-53(36(3)4)56(77)68-47/h14-18,20,22,26,32-39,45,47-49,52-53,71-72,75H,10-13,19,21,23-25,27-31H2,1-9H3,(H,65,76)(H,68,77)(H,69,82)(H,70,83)/b26-22+/t37-,38+,39+,45-,47-,48-,49-,52-,53-,64+/m0/s1. The van der Waals surface area contributed by atoms with Crippen molar-refractivity contribution in [2.45, 2.75) is 194 Å². The molecule has 85 heavy (non-hydrogen) atoms. The molecule has 9 rings (SSSR count). The lowest BCUT2D eigenvalue weighted by Gasteiger charge is -2.39. The molecule has 2 aromatic heterocycles. The number of nitrogens with one attached hydrogen (secondary N) is 6. The highest BCUT2D eigenvalue weighted by Crippen LogP contribution is 2.41. The van der Waals surface area contributed by atoms with Crippen molar-refractivity contribution >= 4 is 75.3 Å². The van der Waals surface area contributed by atoms with Crippen LogP contribution in [0.2, 0.25) is 0 Å². The molecule has 1 spiro atoms. The van der Waals surface area contributed by atoms with Crippen LogP contribution in [-0.4, -0.2) is 128 Å². The Morgan fingerprint density at radius 2 is 1.24 bits per heavy atom. The summed E-state index contributed by atoms with van der Waals surface area (Å²) in [4.78, 5) is 125. The Morgan fingerprint density at radius 3 is 1.89 bits per heavy atom. The molecule has 4 aromatic rings. The van der Waals surface area contributed by atoms with Gasteiger partial charge < -0.3 is 35.8 Å². The number of benzene rings is 2. The van der Waals surface area contributed by atoms with Crippen molar-refractivity contribution < 1.29 is 52.9 Å². The Balaban J connectivity index is 1.06. The molecule has 8 atom stereocenters. The van der Waals surface area contributed by atoms with Gasteiger partial charge in [0, 0.05) is 29.3 Å². The smallest absolute Gasteiger partial charge is 0.325 e. The molecule has 7 N–H and O–H groups in total. The molecule has 6 amide bonds. The molecule has 6 heterocycles. The number of hydrogen-bond donors (Lipinski definition) is 7. The van der Waals surface area contributed by atoms with Gasteiger partial charge in [0.1, 0.15) is 48.5 Å². The van der Waals surface area contributed by atoms with Gasteiger partial charge in [-0.25, -0.2) is 20.8 Å². The first-order valence-corrected chi connectivity index (χ1v) is 30.4. The summed E-state index contributed by atoms with van der Waals surface area (Å²) in [5.74, 6) is -4.78. The molecular weight excluding hydrogens is 1080 g/mol. The summed E-state index contributed by atoms with van der Waals surface area (Å²) >= 11 is 0. The second-order valence-corrected chi connectivity index (χ2v) is 25.3. The minimum absolute atomic E-state index is 0.00538. The van der Waals surface area contributed by atoms with Crippen LogP contribution < -0.4 is 32.1 Å². The number of carbonyl (C=O) groups excluding carboxylic acids is 8. The number of hydrogen-bond acceptors (Lipinski definition) is 15. The van der Waals surface area contributed by atoms with Crippen LogP contribution in [0.4, 0.5) is 0 Å². The lowest BCUT2D eigenvalue weighted by Crippen LogP contribution is -2.62. The van der Waals surface area contributed by atoms with Crippen molar-refractivity contribution in [3.63, 3.8) is 0 Å². The third-order valence-corrected chi connectivity index (χ3v) is 17.7. The summed E-state index contributed by atoms with van der Waals surface area (Å²) in [6.07, 6.45) is 5.59. The van der Waals surface area contributed by atoms with E-state index in [1.165, 1.54) is 10.0 Å². The quantitative estimate of drug-likeness (QED) is 0.116. The zero-order valence-electron chi connectivity index (χ0n) is 50.4. The Labute approximate surface area is 496 Å². The second kappa shape index (κ2) is 26.1. The number of esters is 2. The van der Waals surface area contributed by atoms with Gasteiger partial charge in [0.25, 0.3) is 11.8 Å². The maximum absolute atomic E-state index is 15.2. The molecule has 4 aliphatic heterocycles. The van der Waals surface area contributed by atoms with E-state index in [0.29, 0.717) is 103 Å². The summed E-state index contributed by atoms with van der Waals surface area (Å²) in [5, 5.41) is 26.8. The van der Waals surface area contributed by atoms with Gasteiger partial charge in [-0.15, -0.1) is 0 Å². The molecule has 21 nitrogen and oxygen atoms in total. The van der Waals surface area contributed by atoms with Gasteiger partial charge in [-0.1, -0.05) is 70.2 Å². The first-order chi connectivity index (χ1) is 40.4. The van der Waals surface area contributed by atoms with Crippen LogP contribution in [0.25, 0.3) is 27.9 Å². The fraction of sp³-hybridized carbons (Fsp3) is 0.562. The number of nitrogens with zero attached hydrogens (tertiary/aromatic N) is 4. The second-order valence-electron chi connectivity index (χ2n) is 25.3. The van der Waals surface area contributed by atoms with Crippen LogP contribution in [0.5, 0.6) is 0 Å². The van der Waals surface area contributed by atoms with Crippen molar-refractivity contribution in [2.75, 3.05) is 13.1 Å². The van der Waals surface area contributed by atoms with E-state index in [-0.39, 0.29) is 37.8 Å². The van der Waals surface area contributed by atoms with Crippen molar-refractivity contribution in [1.29, 1.82) is 0 Å². The fourth-order valence-corrected chi connectivity index (χ4v) is 12.1. The number of aliphatic hydroxyl groups excluding tert-OH is 1. The van der Waals surface area contributed by atoms with E-state index in [2.05, 4.69) is 32.1 Å². The molecule has 1 saturated carbocycles. The van der Waals surface area contributed by atoms with E-state index < -0.39 is 113 Å². The Bertz CT molecular complexity index is 3250. The van der Waals surface area contributed by atoms with Crippen LogP contribution >= 0.6 is 0 Å². The minimum Gasteiger partial charge on any atom is -0.455 e. The zero-order chi connectivity index (χ0) is 61.1. The number of rotatable bonds is 5. The number of aryl methyl sites for hydroxylation is 2. The highest BCUT2D eigenvalue weighted by molar-refractivity contribution is 5.95. The average Bonchev–Trinajstić information content (AvgIpc) is 3.67. The maximum Gasteiger partial charge on any atom is 0.325 e. The Morgan fingerprint density at radius 1 is 0.647 bits per heavy atom. The molecule has 0 unspecified atom stereocenters. The lowest BCUT2D eigenvalue weighted by atomic mass is 9.69. The number of aliphatic hydroxyl groups is 1. The number of hydrazine groups is 2. The molecule has 456 valence electrons.